The minimum absolute atomic E-state index is 0.361. The first kappa shape index (κ1) is 17.9. The minimum atomic E-state index is 0.361. The molecule has 1 atom stereocenters. The van der Waals surface area contributed by atoms with E-state index in [-0.39, 0.29) is 0 Å². The summed E-state index contributed by atoms with van der Waals surface area (Å²) in [4.78, 5) is 2.40. The normalized spacial score (nSPS) is 15.3. The summed E-state index contributed by atoms with van der Waals surface area (Å²) in [5.74, 6) is 0. The van der Waals surface area contributed by atoms with Crippen molar-refractivity contribution in [1.82, 2.24) is 10.2 Å². The molecule has 0 bridgehead atoms. The first-order valence-corrected chi connectivity index (χ1v) is 7.43. The van der Waals surface area contributed by atoms with Crippen LogP contribution in [0.5, 0.6) is 0 Å². The molecule has 0 spiro atoms. The molecule has 0 heterocycles. The minimum Gasteiger partial charge on any atom is -0.380 e. The molecular formula is C15H34N2O. The highest BCUT2D eigenvalue weighted by atomic mass is 16.5. The van der Waals surface area contributed by atoms with E-state index in [9.17, 15) is 0 Å². The molecule has 3 nitrogen and oxygen atoms in total. The number of likely N-dealkylation sites (N-methyl/N-ethyl adjacent to an activating group) is 1. The molecule has 0 saturated carbocycles. The molecule has 0 aromatic carbocycles. The highest BCUT2D eigenvalue weighted by Gasteiger charge is 2.25. The van der Waals surface area contributed by atoms with E-state index >= 15 is 0 Å². The third kappa shape index (κ3) is 8.90. The summed E-state index contributed by atoms with van der Waals surface area (Å²) >= 11 is 0. The monoisotopic (exact) mass is 258 g/mol. The van der Waals surface area contributed by atoms with Crippen molar-refractivity contribution in [3.63, 3.8) is 0 Å². The van der Waals surface area contributed by atoms with Crippen molar-refractivity contribution >= 4 is 0 Å². The Kier molecular flexibility index (Phi) is 9.70. The molecule has 1 unspecified atom stereocenters. The van der Waals surface area contributed by atoms with Gasteiger partial charge in [0.15, 0.2) is 0 Å². The maximum atomic E-state index is 5.42. The molecule has 0 fully saturated rings. The van der Waals surface area contributed by atoms with Crippen LogP contribution in [0.2, 0.25) is 0 Å². The van der Waals surface area contributed by atoms with Crippen molar-refractivity contribution < 1.29 is 4.74 Å². The number of nitrogens with zero attached hydrogens (tertiary/aromatic N) is 1. The largest absolute Gasteiger partial charge is 0.380 e. The van der Waals surface area contributed by atoms with Gasteiger partial charge >= 0.3 is 0 Å². The molecule has 0 radical (unpaired) electrons. The van der Waals surface area contributed by atoms with Crippen molar-refractivity contribution in [2.45, 2.75) is 53.5 Å². The van der Waals surface area contributed by atoms with Crippen LogP contribution in [-0.2, 0) is 4.74 Å². The van der Waals surface area contributed by atoms with Gasteiger partial charge in [-0.1, -0.05) is 34.1 Å². The van der Waals surface area contributed by atoms with Crippen LogP contribution in [0.15, 0.2) is 0 Å². The highest BCUT2D eigenvalue weighted by Crippen LogP contribution is 2.23. The van der Waals surface area contributed by atoms with Crippen LogP contribution in [0, 0.1) is 5.41 Å². The molecule has 0 aromatic rings. The second-order valence-corrected chi connectivity index (χ2v) is 6.03. The SMILES string of the molecule is CCCC(C)(CNC(C)C)CN(C)CCOCC. The zero-order valence-corrected chi connectivity index (χ0v) is 13.4. The molecule has 18 heavy (non-hydrogen) atoms. The Morgan fingerprint density at radius 2 is 1.94 bits per heavy atom. The molecule has 0 aromatic heterocycles. The Morgan fingerprint density at radius 1 is 1.28 bits per heavy atom. The van der Waals surface area contributed by atoms with Crippen LogP contribution in [0.25, 0.3) is 0 Å². The first-order valence-electron chi connectivity index (χ1n) is 7.43. The summed E-state index contributed by atoms with van der Waals surface area (Å²) in [6.07, 6.45) is 2.52. The van der Waals surface area contributed by atoms with E-state index in [4.69, 9.17) is 4.74 Å². The van der Waals surface area contributed by atoms with Gasteiger partial charge in [-0.3, -0.25) is 0 Å². The predicted molar refractivity (Wildman–Crippen MR) is 80.1 cm³/mol. The number of hydrogen-bond acceptors (Lipinski definition) is 3. The Morgan fingerprint density at radius 3 is 2.44 bits per heavy atom. The van der Waals surface area contributed by atoms with Gasteiger partial charge in [0.05, 0.1) is 6.61 Å². The van der Waals surface area contributed by atoms with E-state index in [1.807, 2.05) is 6.92 Å². The maximum absolute atomic E-state index is 5.42. The van der Waals surface area contributed by atoms with Crippen LogP contribution >= 0.6 is 0 Å². The average Bonchev–Trinajstić information content (AvgIpc) is 2.27. The fourth-order valence-corrected chi connectivity index (χ4v) is 2.37. The second-order valence-electron chi connectivity index (χ2n) is 6.03. The van der Waals surface area contributed by atoms with Gasteiger partial charge in [0.25, 0.3) is 0 Å². The van der Waals surface area contributed by atoms with Gasteiger partial charge in [0.2, 0.25) is 0 Å². The second kappa shape index (κ2) is 9.76. The van der Waals surface area contributed by atoms with Gasteiger partial charge < -0.3 is 15.0 Å². The Labute approximate surface area is 114 Å². The smallest absolute Gasteiger partial charge is 0.0593 e. The number of ether oxygens (including phenoxy) is 1. The molecule has 0 rings (SSSR count). The molecule has 0 aliphatic carbocycles. The number of nitrogens with one attached hydrogen (secondary N) is 1. The molecule has 3 heteroatoms. The Bertz CT molecular complexity index is 197. The zero-order valence-electron chi connectivity index (χ0n) is 13.4. The van der Waals surface area contributed by atoms with Crippen LogP contribution in [0.3, 0.4) is 0 Å². The molecule has 110 valence electrons. The average molecular weight is 258 g/mol. The van der Waals surface area contributed by atoms with E-state index in [2.05, 4.69) is 45.0 Å². The predicted octanol–water partition coefficient (Wildman–Crippen LogP) is 2.76. The van der Waals surface area contributed by atoms with Crippen molar-refractivity contribution in [3.05, 3.63) is 0 Å². The van der Waals surface area contributed by atoms with Crippen LogP contribution in [0.4, 0.5) is 0 Å². The van der Waals surface area contributed by atoms with E-state index in [0.717, 1.165) is 32.8 Å². The summed E-state index contributed by atoms with van der Waals surface area (Å²) in [5, 5.41) is 3.59. The fraction of sp³-hybridized carbons (Fsp3) is 1.00. The lowest BCUT2D eigenvalue weighted by molar-refractivity contribution is 0.0997. The van der Waals surface area contributed by atoms with Gasteiger partial charge in [-0.2, -0.15) is 0 Å². The summed E-state index contributed by atoms with van der Waals surface area (Å²) < 4.78 is 5.42. The fourth-order valence-electron chi connectivity index (χ4n) is 2.37. The molecule has 0 aliphatic rings. The summed E-state index contributed by atoms with van der Waals surface area (Å²) in [6.45, 7) is 16.0. The topological polar surface area (TPSA) is 24.5 Å². The van der Waals surface area contributed by atoms with Gasteiger partial charge in [-0.25, -0.2) is 0 Å². The number of hydrogen-bond donors (Lipinski definition) is 1. The van der Waals surface area contributed by atoms with Gasteiger partial charge in [-0.15, -0.1) is 0 Å². The Hall–Kier alpha value is -0.120. The third-order valence-electron chi connectivity index (χ3n) is 3.26. The van der Waals surface area contributed by atoms with Crippen molar-refractivity contribution in [2.75, 3.05) is 39.9 Å². The summed E-state index contributed by atoms with van der Waals surface area (Å²) in [6, 6.07) is 0.565. The van der Waals surface area contributed by atoms with E-state index < -0.39 is 0 Å². The van der Waals surface area contributed by atoms with Crippen molar-refractivity contribution in [2.24, 2.45) is 5.41 Å². The lowest BCUT2D eigenvalue weighted by Crippen LogP contribution is -2.43. The number of rotatable bonds is 11. The van der Waals surface area contributed by atoms with Gasteiger partial charge in [0.1, 0.15) is 0 Å². The third-order valence-corrected chi connectivity index (χ3v) is 3.26. The summed E-state index contributed by atoms with van der Waals surface area (Å²) in [5.41, 5.74) is 0.361. The summed E-state index contributed by atoms with van der Waals surface area (Å²) in [7, 11) is 2.20. The first-order chi connectivity index (χ1) is 8.43. The standard InChI is InChI=1S/C15H34N2O/c1-7-9-15(5,12-16-14(3)4)13-17(6)10-11-18-8-2/h14,16H,7-13H2,1-6H3. The maximum Gasteiger partial charge on any atom is 0.0593 e. The van der Waals surface area contributed by atoms with Crippen LogP contribution in [-0.4, -0.2) is 50.8 Å². The van der Waals surface area contributed by atoms with Gasteiger partial charge in [-0.05, 0) is 25.8 Å². The van der Waals surface area contributed by atoms with Crippen LogP contribution < -0.4 is 5.32 Å². The van der Waals surface area contributed by atoms with Crippen LogP contribution in [0.1, 0.15) is 47.5 Å². The van der Waals surface area contributed by atoms with Crippen molar-refractivity contribution in [1.29, 1.82) is 0 Å². The lowest BCUT2D eigenvalue weighted by atomic mass is 9.84. The van der Waals surface area contributed by atoms with E-state index in [1.54, 1.807) is 0 Å². The molecule has 1 N–H and O–H groups in total. The van der Waals surface area contributed by atoms with Crippen molar-refractivity contribution in [3.8, 4) is 0 Å². The lowest BCUT2D eigenvalue weighted by Gasteiger charge is -2.34. The molecular weight excluding hydrogens is 224 g/mol. The Balaban J connectivity index is 4.13. The molecule has 0 aliphatic heterocycles. The highest BCUT2D eigenvalue weighted by molar-refractivity contribution is 4.80. The molecule has 0 amide bonds. The van der Waals surface area contributed by atoms with E-state index in [0.29, 0.717) is 11.5 Å². The zero-order chi connectivity index (χ0) is 14.0. The van der Waals surface area contributed by atoms with Gasteiger partial charge in [0, 0.05) is 32.3 Å². The van der Waals surface area contributed by atoms with E-state index in [1.165, 1.54) is 12.8 Å². The quantitative estimate of drug-likeness (QED) is 0.577. The molecule has 0 saturated heterocycles.